The van der Waals surface area contributed by atoms with E-state index >= 15 is 0 Å². The van der Waals surface area contributed by atoms with Crippen molar-refractivity contribution in [3.05, 3.63) is 5.82 Å². The van der Waals surface area contributed by atoms with Crippen LogP contribution in [0.5, 0.6) is 0 Å². The van der Waals surface area contributed by atoms with E-state index in [1.165, 1.54) is 6.42 Å². The van der Waals surface area contributed by atoms with E-state index in [1.54, 1.807) is 0 Å². The molecule has 2 N–H and O–H groups in total. The van der Waals surface area contributed by atoms with Crippen LogP contribution in [0.15, 0.2) is 0 Å². The number of nitrogens with one attached hydrogen (secondary N) is 2. The molecule has 11 heavy (non-hydrogen) atoms. The zero-order valence-electron chi connectivity index (χ0n) is 6.54. The second kappa shape index (κ2) is 4.63. The maximum Gasteiger partial charge on any atom is 0.191 e. The summed E-state index contributed by atoms with van der Waals surface area (Å²) in [5, 5.41) is 17.0. The van der Waals surface area contributed by atoms with Crippen molar-refractivity contribution < 1.29 is 0 Å². The number of aromatic amines is 1. The van der Waals surface area contributed by atoms with Crippen LogP contribution >= 0.6 is 0 Å². The molecule has 0 bridgehead atoms. The van der Waals surface area contributed by atoms with Gasteiger partial charge in [-0.3, -0.25) is 0 Å². The summed E-state index contributed by atoms with van der Waals surface area (Å²) in [6, 6.07) is 0.332. The summed E-state index contributed by atoms with van der Waals surface area (Å²) in [4.78, 5) is 0. The summed E-state index contributed by atoms with van der Waals surface area (Å²) in [5.41, 5.74) is 0. The summed E-state index contributed by atoms with van der Waals surface area (Å²) in [5.74, 6) is 0.789. The van der Waals surface area contributed by atoms with Gasteiger partial charge in [0.25, 0.3) is 0 Å². The molecule has 1 saturated heterocycles. The Hall–Kier alpha value is 0.666. The van der Waals surface area contributed by atoms with Gasteiger partial charge in [0.2, 0.25) is 0 Å². The number of aromatic nitrogens is 4. The van der Waals surface area contributed by atoms with E-state index in [1.807, 2.05) is 0 Å². The van der Waals surface area contributed by atoms with E-state index in [-0.39, 0.29) is 51.4 Å². The first-order valence-electron chi connectivity index (χ1n) is 3.43. The number of H-pyrrole nitrogens is 1. The van der Waals surface area contributed by atoms with Crippen molar-refractivity contribution >= 4 is 51.4 Å². The van der Waals surface area contributed by atoms with Crippen LogP contribution in [0, 0.1) is 0 Å². The van der Waals surface area contributed by atoms with Gasteiger partial charge in [-0.2, -0.15) is 5.21 Å². The van der Waals surface area contributed by atoms with Crippen molar-refractivity contribution in [1.82, 2.24) is 25.9 Å². The predicted octanol–water partition coefficient (Wildman–Crippen LogP) is -0.757. The SMILES string of the molecule is C1CN[C@@H](c2nn[nH]n2)C1.[K]. The summed E-state index contributed by atoms with van der Waals surface area (Å²) >= 11 is 0. The third kappa shape index (κ3) is 2.30. The first-order valence-corrected chi connectivity index (χ1v) is 3.43. The van der Waals surface area contributed by atoms with E-state index in [0.717, 1.165) is 18.8 Å². The molecule has 0 spiro atoms. The summed E-state index contributed by atoms with van der Waals surface area (Å²) in [6.45, 7) is 1.07. The first-order chi connectivity index (χ1) is 4.97. The van der Waals surface area contributed by atoms with Gasteiger partial charge in [0.05, 0.1) is 6.04 Å². The Labute approximate surface area is 107 Å². The molecule has 1 atom stereocenters. The molecule has 5 nitrogen and oxygen atoms in total. The van der Waals surface area contributed by atoms with E-state index in [0.29, 0.717) is 6.04 Å². The van der Waals surface area contributed by atoms with Gasteiger partial charge in [-0.1, -0.05) is 5.21 Å². The zero-order valence-corrected chi connectivity index (χ0v) is 9.66. The minimum Gasteiger partial charge on any atom is -0.307 e. The van der Waals surface area contributed by atoms with Crippen LogP contribution in [-0.2, 0) is 0 Å². The molecule has 1 aliphatic heterocycles. The maximum atomic E-state index is 3.89. The van der Waals surface area contributed by atoms with E-state index in [4.69, 9.17) is 0 Å². The fourth-order valence-corrected chi connectivity index (χ4v) is 1.22. The smallest absolute Gasteiger partial charge is 0.191 e. The van der Waals surface area contributed by atoms with Crippen LogP contribution in [0.3, 0.4) is 0 Å². The molecule has 55 valence electrons. The number of hydrogen-bond donors (Lipinski definition) is 2. The molecule has 1 aliphatic rings. The van der Waals surface area contributed by atoms with Gasteiger partial charge in [0, 0.05) is 51.4 Å². The van der Waals surface area contributed by atoms with Crippen molar-refractivity contribution in [3.63, 3.8) is 0 Å². The van der Waals surface area contributed by atoms with Crippen molar-refractivity contribution in [2.45, 2.75) is 18.9 Å². The fraction of sp³-hybridized carbons (Fsp3) is 0.800. The summed E-state index contributed by atoms with van der Waals surface area (Å²) in [7, 11) is 0. The largest absolute Gasteiger partial charge is 0.307 e. The van der Waals surface area contributed by atoms with Gasteiger partial charge in [-0.05, 0) is 19.4 Å². The average molecular weight is 178 g/mol. The Morgan fingerprint density at radius 3 is 2.91 bits per heavy atom. The summed E-state index contributed by atoms with van der Waals surface area (Å²) in [6.07, 6.45) is 2.33. The Kier molecular flexibility index (Phi) is 4.11. The molecule has 1 fully saturated rings. The Morgan fingerprint density at radius 1 is 1.45 bits per heavy atom. The Morgan fingerprint density at radius 2 is 2.36 bits per heavy atom. The van der Waals surface area contributed by atoms with Crippen LogP contribution in [0.25, 0.3) is 0 Å². The van der Waals surface area contributed by atoms with Crippen molar-refractivity contribution in [3.8, 4) is 0 Å². The van der Waals surface area contributed by atoms with E-state index < -0.39 is 0 Å². The number of nitrogens with zero attached hydrogens (tertiary/aromatic N) is 3. The number of rotatable bonds is 1. The molecule has 0 saturated carbocycles. The standard InChI is InChI=1S/C5H9N5.K/c1-2-4(6-3-1)5-7-9-10-8-5;/h4,6H,1-3H2,(H,7,8,9,10);/t4-;/m1./s1. The molecule has 1 aromatic heterocycles. The molecule has 2 heterocycles. The third-order valence-corrected chi connectivity index (χ3v) is 1.73. The Balaban J connectivity index is 0.000000605. The van der Waals surface area contributed by atoms with Crippen LogP contribution in [0.4, 0.5) is 0 Å². The van der Waals surface area contributed by atoms with Gasteiger partial charge in [-0.25, -0.2) is 0 Å². The number of hydrogen-bond acceptors (Lipinski definition) is 4. The Bertz CT molecular complexity index is 193. The molecule has 2 rings (SSSR count). The van der Waals surface area contributed by atoms with Gasteiger partial charge < -0.3 is 5.32 Å². The van der Waals surface area contributed by atoms with Crippen LogP contribution in [-0.4, -0.2) is 78.6 Å². The van der Waals surface area contributed by atoms with Crippen molar-refractivity contribution in [1.29, 1.82) is 0 Å². The quantitative estimate of drug-likeness (QED) is 0.555. The zero-order chi connectivity index (χ0) is 6.81. The molecule has 1 radical (unpaired) electrons. The summed E-state index contributed by atoms with van der Waals surface area (Å²) < 4.78 is 0. The minimum absolute atomic E-state index is 0. The van der Waals surface area contributed by atoms with Crippen LogP contribution in [0.2, 0.25) is 0 Å². The van der Waals surface area contributed by atoms with Crippen LogP contribution in [0.1, 0.15) is 24.7 Å². The number of tetrazole rings is 1. The molecule has 0 aromatic carbocycles. The molecule has 1 aromatic rings. The van der Waals surface area contributed by atoms with E-state index in [2.05, 4.69) is 25.9 Å². The van der Waals surface area contributed by atoms with Gasteiger partial charge in [-0.15, -0.1) is 10.2 Å². The first kappa shape index (κ1) is 9.75. The fourth-order valence-electron chi connectivity index (χ4n) is 1.22. The molecule has 6 heteroatoms. The monoisotopic (exact) mass is 178 g/mol. The molecular formula is C5H9KN5. The predicted molar refractivity (Wildman–Crippen MR) is 39.9 cm³/mol. The van der Waals surface area contributed by atoms with Crippen molar-refractivity contribution in [2.75, 3.05) is 6.54 Å². The molecule has 0 unspecified atom stereocenters. The topological polar surface area (TPSA) is 66.5 Å². The molecular weight excluding hydrogens is 169 g/mol. The normalized spacial score (nSPS) is 23.1. The van der Waals surface area contributed by atoms with Gasteiger partial charge in [0.1, 0.15) is 0 Å². The van der Waals surface area contributed by atoms with Gasteiger partial charge in [0.15, 0.2) is 5.82 Å². The van der Waals surface area contributed by atoms with Gasteiger partial charge >= 0.3 is 0 Å². The second-order valence-corrected chi connectivity index (χ2v) is 2.42. The molecule has 0 amide bonds. The maximum absolute atomic E-state index is 3.89. The third-order valence-electron chi connectivity index (χ3n) is 1.73. The second-order valence-electron chi connectivity index (χ2n) is 2.42. The van der Waals surface area contributed by atoms with Crippen LogP contribution < -0.4 is 5.32 Å². The van der Waals surface area contributed by atoms with E-state index in [9.17, 15) is 0 Å². The van der Waals surface area contributed by atoms with Crippen molar-refractivity contribution in [2.24, 2.45) is 0 Å². The minimum atomic E-state index is 0. The average Bonchev–Trinajstić information content (AvgIpc) is 2.59. The molecule has 0 aliphatic carbocycles.